The number of benzene rings is 1. The Morgan fingerprint density at radius 2 is 1.86 bits per heavy atom. The molecule has 9 heteroatoms. The van der Waals surface area contributed by atoms with Crippen molar-refractivity contribution in [2.45, 2.75) is 36.5 Å². The Labute approximate surface area is 164 Å². The van der Waals surface area contributed by atoms with Gasteiger partial charge < -0.3 is 15.2 Å². The highest BCUT2D eigenvalue weighted by molar-refractivity contribution is 7.89. The van der Waals surface area contributed by atoms with Crippen LogP contribution in [0.1, 0.15) is 37.3 Å². The fraction of sp³-hybridized carbons (Fsp3) is 0.474. The predicted molar refractivity (Wildman–Crippen MR) is 106 cm³/mol. The molecule has 0 atom stereocenters. The van der Waals surface area contributed by atoms with Gasteiger partial charge in [0.2, 0.25) is 10.0 Å². The number of carbonyl (C=O) groups is 1. The number of hydrogen-bond acceptors (Lipinski definition) is 4. The van der Waals surface area contributed by atoms with E-state index in [1.807, 2.05) is 6.20 Å². The summed E-state index contributed by atoms with van der Waals surface area (Å²) in [5, 5.41) is 2.85. The average Bonchev–Trinajstić information content (AvgIpc) is 3.38. The maximum absolute atomic E-state index is 12.5. The minimum atomic E-state index is -3.49. The van der Waals surface area contributed by atoms with Crippen LogP contribution in [0.4, 0.5) is 10.5 Å². The molecule has 1 saturated heterocycles. The second-order valence-corrected chi connectivity index (χ2v) is 9.29. The molecule has 0 unspecified atom stereocenters. The summed E-state index contributed by atoms with van der Waals surface area (Å²) in [5.74, 6) is 0.880. The number of H-pyrrole nitrogens is 1. The molecule has 3 N–H and O–H groups in total. The van der Waals surface area contributed by atoms with Crippen LogP contribution in [0.5, 0.6) is 0 Å². The van der Waals surface area contributed by atoms with Crippen molar-refractivity contribution >= 4 is 21.7 Å². The fourth-order valence-electron chi connectivity index (χ4n) is 3.44. The van der Waals surface area contributed by atoms with Crippen molar-refractivity contribution in [3.63, 3.8) is 0 Å². The summed E-state index contributed by atoms with van der Waals surface area (Å²) >= 11 is 0. The third kappa shape index (κ3) is 4.53. The van der Waals surface area contributed by atoms with Gasteiger partial charge in [-0.15, -0.1) is 0 Å². The highest BCUT2D eigenvalue weighted by Crippen LogP contribution is 2.28. The highest BCUT2D eigenvalue weighted by Gasteiger charge is 2.25. The van der Waals surface area contributed by atoms with E-state index in [0.29, 0.717) is 37.2 Å². The number of carbonyl (C=O) groups excluding carboxylic acids is 1. The van der Waals surface area contributed by atoms with Gasteiger partial charge >= 0.3 is 6.03 Å². The van der Waals surface area contributed by atoms with E-state index in [-0.39, 0.29) is 10.9 Å². The van der Waals surface area contributed by atoms with E-state index in [4.69, 9.17) is 0 Å². The number of imidazole rings is 1. The van der Waals surface area contributed by atoms with Crippen LogP contribution in [0, 0.1) is 5.92 Å². The number of nitrogens with one attached hydrogen (secondary N) is 3. The van der Waals surface area contributed by atoms with E-state index < -0.39 is 10.0 Å². The molecule has 2 aliphatic rings. The summed E-state index contributed by atoms with van der Waals surface area (Å²) in [6.45, 7) is 1.84. The maximum Gasteiger partial charge on any atom is 0.321 e. The zero-order valence-corrected chi connectivity index (χ0v) is 16.4. The number of anilines is 1. The Hall–Kier alpha value is -2.39. The molecule has 1 aromatic carbocycles. The van der Waals surface area contributed by atoms with Crippen molar-refractivity contribution in [1.82, 2.24) is 19.6 Å². The third-order valence-electron chi connectivity index (χ3n) is 5.42. The zero-order chi connectivity index (χ0) is 19.6. The number of amides is 2. The SMILES string of the molecule is O=C(Nc1ccc(S(=O)(=O)NCC2CC2)cc1)N1CCC(c2cnc[nH]2)CC1. The zero-order valence-electron chi connectivity index (χ0n) is 15.6. The molecule has 0 bridgehead atoms. The molecule has 8 nitrogen and oxygen atoms in total. The third-order valence-corrected chi connectivity index (χ3v) is 6.86. The lowest BCUT2D eigenvalue weighted by molar-refractivity contribution is 0.194. The lowest BCUT2D eigenvalue weighted by Gasteiger charge is -2.31. The summed E-state index contributed by atoms with van der Waals surface area (Å²) in [7, 11) is -3.49. The number of aromatic nitrogens is 2. The van der Waals surface area contributed by atoms with Gasteiger partial charge in [-0.05, 0) is 55.9 Å². The topological polar surface area (TPSA) is 107 Å². The van der Waals surface area contributed by atoms with Crippen molar-refractivity contribution in [1.29, 1.82) is 0 Å². The number of piperidine rings is 1. The van der Waals surface area contributed by atoms with Gasteiger partial charge in [-0.1, -0.05) is 0 Å². The van der Waals surface area contributed by atoms with Gasteiger partial charge in [0.25, 0.3) is 0 Å². The first-order valence-corrected chi connectivity index (χ1v) is 11.1. The molecule has 0 spiro atoms. The Kier molecular flexibility index (Phi) is 5.36. The predicted octanol–water partition coefficient (Wildman–Crippen LogP) is 2.51. The van der Waals surface area contributed by atoms with Crippen molar-refractivity contribution in [3.8, 4) is 0 Å². The van der Waals surface area contributed by atoms with Gasteiger partial charge in [-0.25, -0.2) is 22.9 Å². The average molecular weight is 404 g/mol. The molecule has 1 saturated carbocycles. The fourth-order valence-corrected chi connectivity index (χ4v) is 4.55. The number of hydrogen-bond donors (Lipinski definition) is 3. The van der Waals surface area contributed by atoms with E-state index in [0.717, 1.165) is 31.4 Å². The second kappa shape index (κ2) is 7.92. The van der Waals surface area contributed by atoms with Crippen LogP contribution in [0.3, 0.4) is 0 Å². The summed E-state index contributed by atoms with van der Waals surface area (Å²) in [6.07, 6.45) is 7.48. The van der Waals surface area contributed by atoms with Crippen LogP contribution in [-0.2, 0) is 10.0 Å². The minimum absolute atomic E-state index is 0.162. The summed E-state index contributed by atoms with van der Waals surface area (Å²) in [5.41, 5.74) is 1.70. The molecule has 1 aromatic heterocycles. The molecule has 2 fully saturated rings. The molecule has 1 aliphatic carbocycles. The van der Waals surface area contributed by atoms with Crippen molar-refractivity contribution < 1.29 is 13.2 Å². The van der Waals surface area contributed by atoms with Crippen LogP contribution in [0.15, 0.2) is 41.7 Å². The number of likely N-dealkylation sites (tertiary alicyclic amines) is 1. The molecule has 28 heavy (non-hydrogen) atoms. The van der Waals surface area contributed by atoms with Gasteiger partial charge in [0.1, 0.15) is 0 Å². The molecule has 4 rings (SSSR count). The number of nitrogens with zero attached hydrogens (tertiary/aromatic N) is 2. The van der Waals surface area contributed by atoms with Gasteiger partial charge in [-0.3, -0.25) is 0 Å². The number of urea groups is 1. The first-order valence-electron chi connectivity index (χ1n) is 9.65. The molecule has 1 aliphatic heterocycles. The van der Waals surface area contributed by atoms with E-state index in [1.54, 1.807) is 23.4 Å². The second-order valence-electron chi connectivity index (χ2n) is 7.52. The number of aromatic amines is 1. The van der Waals surface area contributed by atoms with Gasteiger partial charge in [0.05, 0.1) is 11.2 Å². The first kappa shape index (κ1) is 18.9. The van der Waals surface area contributed by atoms with Crippen LogP contribution < -0.4 is 10.0 Å². The van der Waals surface area contributed by atoms with Crippen molar-refractivity contribution in [3.05, 3.63) is 42.5 Å². The Bertz CT molecular complexity index is 900. The van der Waals surface area contributed by atoms with Crippen molar-refractivity contribution in [2.24, 2.45) is 5.92 Å². The standard InChI is InChI=1S/C19H25N5O3S/c25-19(24-9-7-15(8-10-24)18-12-20-13-21-18)23-16-3-5-17(6-4-16)28(26,27)22-11-14-1-2-14/h3-6,12-15,22H,1-2,7-11H2,(H,20,21)(H,23,25). The van der Waals surface area contributed by atoms with Crippen LogP contribution in [0.2, 0.25) is 0 Å². The Balaban J connectivity index is 1.30. The molecule has 2 heterocycles. The molecular formula is C19H25N5O3S. The van der Waals surface area contributed by atoms with E-state index >= 15 is 0 Å². The van der Waals surface area contributed by atoms with Crippen LogP contribution in [0.25, 0.3) is 0 Å². The molecule has 2 amide bonds. The van der Waals surface area contributed by atoms with E-state index in [1.165, 1.54) is 12.1 Å². The molecule has 150 valence electrons. The lowest BCUT2D eigenvalue weighted by Crippen LogP contribution is -2.40. The van der Waals surface area contributed by atoms with E-state index in [9.17, 15) is 13.2 Å². The highest BCUT2D eigenvalue weighted by atomic mass is 32.2. The van der Waals surface area contributed by atoms with E-state index in [2.05, 4.69) is 20.0 Å². The Morgan fingerprint density at radius 3 is 2.46 bits per heavy atom. The van der Waals surface area contributed by atoms with Gasteiger partial charge in [0, 0.05) is 43.1 Å². The quantitative estimate of drug-likeness (QED) is 0.689. The summed E-state index contributed by atoms with van der Waals surface area (Å²) in [6, 6.07) is 6.14. The summed E-state index contributed by atoms with van der Waals surface area (Å²) in [4.78, 5) is 21.7. The largest absolute Gasteiger partial charge is 0.348 e. The first-order chi connectivity index (χ1) is 13.5. The normalized spacial score (nSPS) is 18.2. The molecule has 2 aromatic rings. The Morgan fingerprint density at radius 1 is 1.14 bits per heavy atom. The van der Waals surface area contributed by atoms with Crippen LogP contribution >= 0.6 is 0 Å². The van der Waals surface area contributed by atoms with Gasteiger partial charge in [-0.2, -0.15) is 0 Å². The summed E-state index contributed by atoms with van der Waals surface area (Å²) < 4.78 is 27.2. The lowest BCUT2D eigenvalue weighted by atomic mass is 9.94. The minimum Gasteiger partial charge on any atom is -0.348 e. The number of sulfonamides is 1. The smallest absolute Gasteiger partial charge is 0.321 e. The number of rotatable bonds is 6. The molecule has 0 radical (unpaired) electrons. The molecular weight excluding hydrogens is 378 g/mol. The monoisotopic (exact) mass is 403 g/mol. The maximum atomic E-state index is 12.5. The van der Waals surface area contributed by atoms with Crippen LogP contribution in [-0.4, -0.2) is 49.0 Å². The van der Waals surface area contributed by atoms with Crippen molar-refractivity contribution in [2.75, 3.05) is 25.0 Å². The van der Waals surface area contributed by atoms with Gasteiger partial charge in [0.15, 0.2) is 0 Å².